The highest BCUT2D eigenvalue weighted by molar-refractivity contribution is 7.47. The fraction of sp³-hybridized carbons (Fsp3) is 0.954. The zero-order chi connectivity index (χ0) is 78.1. The van der Waals surface area contributed by atoms with E-state index in [-0.39, 0.29) is 25.7 Å². The predicted molar refractivity (Wildman–Crippen MR) is 437 cm³/mol. The third-order valence-electron chi connectivity index (χ3n) is 20.3. The van der Waals surface area contributed by atoms with Crippen LogP contribution in [-0.4, -0.2) is 96.7 Å². The van der Waals surface area contributed by atoms with Crippen LogP contribution in [0.1, 0.15) is 453 Å². The second-order valence-electron chi connectivity index (χ2n) is 33.2. The number of phosphoric acid groups is 2. The molecule has 0 aliphatic carbocycles. The van der Waals surface area contributed by atoms with Gasteiger partial charge in [0.2, 0.25) is 0 Å². The zero-order valence-corrected chi connectivity index (χ0v) is 71.9. The van der Waals surface area contributed by atoms with Gasteiger partial charge in [0.1, 0.15) is 19.3 Å². The van der Waals surface area contributed by atoms with Gasteiger partial charge in [0.15, 0.2) is 12.2 Å². The minimum atomic E-state index is -4.97. The summed E-state index contributed by atoms with van der Waals surface area (Å²) in [6.45, 7) is 14.3. The monoisotopic (exact) mass is 1550 g/mol. The number of unbranched alkanes of at least 4 members (excludes halogenated alkanes) is 50. The number of carbonyl (C=O) groups excluding carboxylic acids is 4. The Balaban J connectivity index is 5.18. The number of aliphatic hydroxyl groups excluding tert-OH is 1. The van der Waals surface area contributed by atoms with Gasteiger partial charge in [-0.15, -0.1) is 0 Å². The molecule has 0 aliphatic heterocycles. The molecule has 0 aromatic heterocycles. The van der Waals surface area contributed by atoms with E-state index >= 15 is 0 Å². The van der Waals surface area contributed by atoms with Crippen LogP contribution in [-0.2, 0) is 65.4 Å². The van der Waals surface area contributed by atoms with E-state index in [1.807, 2.05) is 0 Å². The lowest BCUT2D eigenvalue weighted by Gasteiger charge is -2.21. The lowest BCUT2D eigenvalue weighted by atomic mass is 10.0. The molecule has 0 bridgehead atoms. The Bertz CT molecular complexity index is 2060. The van der Waals surface area contributed by atoms with Gasteiger partial charge < -0.3 is 33.8 Å². The van der Waals surface area contributed by atoms with Gasteiger partial charge in [0.25, 0.3) is 0 Å². The largest absolute Gasteiger partial charge is 0.472 e. The van der Waals surface area contributed by atoms with Gasteiger partial charge in [-0.2, -0.15) is 0 Å². The number of hydrogen-bond donors (Lipinski definition) is 3. The Morgan fingerprint density at radius 3 is 0.585 bits per heavy atom. The lowest BCUT2D eigenvalue weighted by Crippen LogP contribution is -2.30. The van der Waals surface area contributed by atoms with Gasteiger partial charge in [-0.05, 0) is 49.4 Å². The molecule has 0 heterocycles. The van der Waals surface area contributed by atoms with Crippen LogP contribution < -0.4 is 0 Å². The smallest absolute Gasteiger partial charge is 0.462 e. The molecule has 0 spiro atoms. The number of carbonyl (C=O) groups is 4. The Morgan fingerprint density at radius 2 is 0.396 bits per heavy atom. The molecular formula is C87H170O17P2. The van der Waals surface area contributed by atoms with Crippen LogP contribution in [0.2, 0.25) is 0 Å². The molecule has 0 saturated heterocycles. The van der Waals surface area contributed by atoms with Gasteiger partial charge in [-0.25, -0.2) is 9.13 Å². The van der Waals surface area contributed by atoms with Crippen LogP contribution >= 0.6 is 15.6 Å². The quantitative estimate of drug-likeness (QED) is 0.0222. The summed E-state index contributed by atoms with van der Waals surface area (Å²) in [5.41, 5.74) is 0. The molecule has 106 heavy (non-hydrogen) atoms. The highest BCUT2D eigenvalue weighted by Gasteiger charge is 2.31. The first-order valence-corrected chi connectivity index (χ1v) is 47.7. The summed E-state index contributed by atoms with van der Waals surface area (Å²) in [7, 11) is -9.93. The van der Waals surface area contributed by atoms with Gasteiger partial charge in [-0.1, -0.05) is 402 Å². The molecule has 3 unspecified atom stereocenters. The van der Waals surface area contributed by atoms with E-state index in [4.69, 9.17) is 37.0 Å². The van der Waals surface area contributed by atoms with Crippen molar-refractivity contribution in [2.75, 3.05) is 39.6 Å². The summed E-state index contributed by atoms with van der Waals surface area (Å²) in [5.74, 6) is 0.993. The molecule has 0 rings (SSSR count). The number of rotatable bonds is 84. The maximum absolute atomic E-state index is 13.1. The highest BCUT2D eigenvalue weighted by Crippen LogP contribution is 2.45. The maximum Gasteiger partial charge on any atom is 0.472 e. The standard InChI is InChI=1S/C87H170O17P2/c1-77(2)63-55-47-39-33-27-21-17-13-9-11-15-19-23-31-37-43-53-61-69-86(91)103-82(73-97-84(89)67-59-51-42-36-30-26-25-29-35-41-49-57-65-79(5)6)75-101-105(93,94)99-71-81(88)72-100-106(95,96)102-76-83(74-98-85(90)68-60-52-46-45-50-58-66-80(7)8)104-87(92)70-62-54-44-38-32-24-20-16-12-10-14-18-22-28-34-40-48-56-64-78(3)4/h77-83,88H,9-76H2,1-8H3,(H,93,94)(H,95,96)/t81?,82-,83-/m1/s1. The molecule has 0 aliphatic rings. The van der Waals surface area contributed by atoms with Gasteiger partial charge in [0, 0.05) is 25.7 Å². The van der Waals surface area contributed by atoms with Crippen molar-refractivity contribution in [3.05, 3.63) is 0 Å². The van der Waals surface area contributed by atoms with Crippen molar-refractivity contribution in [2.45, 2.75) is 472 Å². The molecule has 19 heteroatoms. The van der Waals surface area contributed by atoms with Crippen molar-refractivity contribution >= 4 is 39.5 Å². The topological polar surface area (TPSA) is 237 Å². The van der Waals surface area contributed by atoms with Crippen molar-refractivity contribution in [1.29, 1.82) is 0 Å². The third-order valence-corrected chi connectivity index (χ3v) is 22.2. The van der Waals surface area contributed by atoms with Crippen LogP contribution in [0.5, 0.6) is 0 Å². The van der Waals surface area contributed by atoms with E-state index in [1.54, 1.807) is 0 Å². The van der Waals surface area contributed by atoms with E-state index in [0.29, 0.717) is 31.6 Å². The molecule has 3 N–H and O–H groups in total. The molecule has 17 nitrogen and oxygen atoms in total. The first-order chi connectivity index (χ1) is 51.1. The van der Waals surface area contributed by atoms with Crippen LogP contribution in [0.15, 0.2) is 0 Å². The molecular weight excluding hydrogens is 1380 g/mol. The minimum absolute atomic E-state index is 0.107. The summed E-state index contributed by atoms with van der Waals surface area (Å²) >= 11 is 0. The van der Waals surface area contributed by atoms with Crippen molar-refractivity contribution in [3.63, 3.8) is 0 Å². The van der Waals surface area contributed by atoms with E-state index in [2.05, 4.69) is 55.4 Å². The van der Waals surface area contributed by atoms with Crippen molar-refractivity contribution in [1.82, 2.24) is 0 Å². The molecule has 0 amide bonds. The third kappa shape index (κ3) is 80.1. The van der Waals surface area contributed by atoms with E-state index < -0.39 is 97.5 Å². The number of esters is 4. The van der Waals surface area contributed by atoms with Crippen molar-refractivity contribution in [3.8, 4) is 0 Å². The SMILES string of the molecule is CC(C)CCCCCCCCCCCCCCCCCCCCC(=O)O[C@H](COC(=O)CCCCCCCCCCCCCCC(C)C)COP(=O)(O)OCC(O)COP(=O)(O)OC[C@@H](COC(=O)CCCCCCCCC(C)C)OC(=O)CCCCCCCCCCCCCCCCCCCCC(C)C. The first kappa shape index (κ1) is 104. The van der Waals surface area contributed by atoms with E-state index in [1.165, 1.54) is 250 Å². The van der Waals surface area contributed by atoms with Gasteiger partial charge in [-0.3, -0.25) is 37.3 Å². The average molecular weight is 1550 g/mol. The second-order valence-corrected chi connectivity index (χ2v) is 36.1. The molecule has 630 valence electrons. The highest BCUT2D eigenvalue weighted by atomic mass is 31.2. The summed E-state index contributed by atoms with van der Waals surface area (Å²) in [6, 6.07) is 0. The van der Waals surface area contributed by atoms with Crippen LogP contribution in [0.25, 0.3) is 0 Å². The molecule has 0 saturated carbocycles. The average Bonchev–Trinajstić information content (AvgIpc) is 0.906. The fourth-order valence-corrected chi connectivity index (χ4v) is 15.1. The van der Waals surface area contributed by atoms with Gasteiger partial charge >= 0.3 is 39.5 Å². The van der Waals surface area contributed by atoms with Crippen LogP contribution in [0.4, 0.5) is 0 Å². The Morgan fingerprint density at radius 1 is 0.236 bits per heavy atom. The molecule has 5 atom stereocenters. The molecule has 0 aromatic rings. The Hall–Kier alpha value is -1.94. The molecule has 0 fully saturated rings. The molecule has 0 radical (unpaired) electrons. The maximum atomic E-state index is 13.1. The van der Waals surface area contributed by atoms with Gasteiger partial charge in [0.05, 0.1) is 26.4 Å². The Kier molecular flexibility index (Phi) is 74.3. The lowest BCUT2D eigenvalue weighted by molar-refractivity contribution is -0.161. The van der Waals surface area contributed by atoms with E-state index in [9.17, 15) is 43.2 Å². The number of ether oxygens (including phenoxy) is 4. The summed E-state index contributed by atoms with van der Waals surface area (Å²) in [4.78, 5) is 73.2. The Labute approximate surface area is 651 Å². The zero-order valence-electron chi connectivity index (χ0n) is 70.1. The summed E-state index contributed by atoms with van der Waals surface area (Å²) < 4.78 is 68.9. The van der Waals surface area contributed by atoms with E-state index in [0.717, 1.165) is 114 Å². The van der Waals surface area contributed by atoms with Crippen LogP contribution in [0.3, 0.4) is 0 Å². The summed E-state index contributed by atoms with van der Waals surface area (Å²) in [6.07, 6.45) is 65.5. The number of phosphoric ester groups is 2. The first-order valence-electron chi connectivity index (χ1n) is 44.7. The predicted octanol–water partition coefficient (Wildman–Crippen LogP) is 26.3. The molecule has 0 aromatic carbocycles. The number of aliphatic hydroxyl groups is 1. The minimum Gasteiger partial charge on any atom is -0.462 e. The normalized spacial score (nSPS) is 13.9. The fourth-order valence-electron chi connectivity index (χ4n) is 13.5. The summed E-state index contributed by atoms with van der Waals surface area (Å²) in [5, 5.41) is 10.7. The van der Waals surface area contributed by atoms with Crippen molar-refractivity contribution in [2.24, 2.45) is 23.7 Å². The number of hydrogen-bond acceptors (Lipinski definition) is 15. The van der Waals surface area contributed by atoms with Crippen LogP contribution in [0, 0.1) is 23.7 Å². The second kappa shape index (κ2) is 75.7. The van der Waals surface area contributed by atoms with Crippen molar-refractivity contribution < 1.29 is 80.2 Å².